The first-order chi connectivity index (χ1) is 12.8. The van der Waals surface area contributed by atoms with E-state index in [4.69, 9.17) is 10.4 Å². The van der Waals surface area contributed by atoms with Gasteiger partial charge < -0.3 is 15.7 Å². The number of halogens is 3. The van der Waals surface area contributed by atoms with Crippen LogP contribution in [0.15, 0.2) is 60.3 Å². The van der Waals surface area contributed by atoms with Crippen LogP contribution in [0.3, 0.4) is 0 Å². The summed E-state index contributed by atoms with van der Waals surface area (Å²) in [5.74, 6) is -0.947. The molecule has 0 spiro atoms. The Kier molecular flexibility index (Phi) is 6.57. The lowest BCUT2D eigenvalue weighted by Crippen LogP contribution is -2.19. The first-order valence-electron chi connectivity index (χ1n) is 7.85. The van der Waals surface area contributed by atoms with E-state index in [9.17, 15) is 18.0 Å². The van der Waals surface area contributed by atoms with Gasteiger partial charge in [-0.05, 0) is 23.3 Å². The molecule has 2 aromatic carbocycles. The molecule has 0 aromatic heterocycles. The lowest BCUT2D eigenvalue weighted by Gasteiger charge is -2.13. The number of nitriles is 1. The highest BCUT2D eigenvalue weighted by molar-refractivity contribution is 6.06. The number of alkyl halides is 3. The number of amides is 1. The number of carbonyl (C=O) groups excluding carboxylic acids is 1. The number of aliphatic hydroxyl groups excluding tert-OH is 1. The zero-order valence-electron chi connectivity index (χ0n) is 14.0. The molecule has 0 fully saturated rings. The Morgan fingerprint density at radius 3 is 2.33 bits per heavy atom. The molecule has 0 saturated carbocycles. The Hall–Kier alpha value is -3.31. The van der Waals surface area contributed by atoms with E-state index in [1.54, 1.807) is 30.3 Å². The Bertz CT molecular complexity index is 869. The van der Waals surface area contributed by atoms with Gasteiger partial charge in [-0.25, -0.2) is 0 Å². The summed E-state index contributed by atoms with van der Waals surface area (Å²) in [5, 5.41) is 23.0. The van der Waals surface area contributed by atoms with Gasteiger partial charge in [0.2, 0.25) is 0 Å². The summed E-state index contributed by atoms with van der Waals surface area (Å²) in [7, 11) is 0. The molecule has 1 amide bonds. The molecule has 0 radical (unpaired) electrons. The molecule has 0 aliphatic rings. The summed E-state index contributed by atoms with van der Waals surface area (Å²) in [4.78, 5) is 12.1. The van der Waals surface area contributed by atoms with E-state index in [1.165, 1.54) is 12.1 Å². The van der Waals surface area contributed by atoms with Crippen molar-refractivity contribution < 1.29 is 23.1 Å². The van der Waals surface area contributed by atoms with Gasteiger partial charge >= 0.3 is 6.18 Å². The molecule has 8 heteroatoms. The number of hydrogen-bond donors (Lipinski definition) is 3. The number of nitrogens with one attached hydrogen (secondary N) is 2. The van der Waals surface area contributed by atoms with Crippen molar-refractivity contribution in [3.63, 3.8) is 0 Å². The molecule has 0 aliphatic carbocycles. The molecule has 0 saturated heterocycles. The fourth-order valence-corrected chi connectivity index (χ4v) is 2.21. The highest BCUT2D eigenvalue weighted by Crippen LogP contribution is 2.34. The topological polar surface area (TPSA) is 85.2 Å². The van der Waals surface area contributed by atoms with Gasteiger partial charge in [0.15, 0.2) is 0 Å². The molecule has 0 unspecified atom stereocenters. The van der Waals surface area contributed by atoms with Crippen LogP contribution >= 0.6 is 0 Å². The van der Waals surface area contributed by atoms with Crippen molar-refractivity contribution in [1.29, 1.82) is 5.26 Å². The van der Waals surface area contributed by atoms with Crippen molar-refractivity contribution in [2.24, 2.45) is 0 Å². The summed E-state index contributed by atoms with van der Waals surface area (Å²) < 4.78 is 38.9. The van der Waals surface area contributed by atoms with Crippen LogP contribution in [0.2, 0.25) is 0 Å². The number of carbonyl (C=O) groups is 1. The Morgan fingerprint density at radius 1 is 1.11 bits per heavy atom. The Balaban J connectivity index is 2.05. The minimum Gasteiger partial charge on any atom is -0.392 e. The van der Waals surface area contributed by atoms with Crippen molar-refractivity contribution in [2.75, 3.05) is 5.32 Å². The second-order valence-electron chi connectivity index (χ2n) is 5.52. The number of benzene rings is 2. The summed E-state index contributed by atoms with van der Waals surface area (Å²) >= 11 is 0. The summed E-state index contributed by atoms with van der Waals surface area (Å²) in [5.41, 5.74) is -0.194. The largest absolute Gasteiger partial charge is 0.418 e. The molecular weight excluding hydrogens is 359 g/mol. The average Bonchev–Trinajstić information content (AvgIpc) is 2.65. The van der Waals surface area contributed by atoms with Crippen LogP contribution in [0.5, 0.6) is 0 Å². The number of anilines is 1. The maximum atomic E-state index is 13.0. The van der Waals surface area contributed by atoms with Gasteiger partial charge in [-0.1, -0.05) is 36.4 Å². The molecule has 140 valence electrons. The van der Waals surface area contributed by atoms with E-state index in [2.05, 4.69) is 10.6 Å². The minimum absolute atomic E-state index is 0.0776. The second-order valence-corrected chi connectivity index (χ2v) is 5.52. The molecule has 3 N–H and O–H groups in total. The molecule has 0 atom stereocenters. The van der Waals surface area contributed by atoms with Crippen LogP contribution in [-0.4, -0.2) is 11.0 Å². The Labute approximate surface area is 153 Å². The van der Waals surface area contributed by atoms with Gasteiger partial charge in [0, 0.05) is 12.7 Å². The summed E-state index contributed by atoms with van der Waals surface area (Å²) in [6, 6.07) is 13.2. The zero-order valence-corrected chi connectivity index (χ0v) is 14.0. The molecular formula is C19H16F3N3O2. The fraction of sp³-hybridized carbons (Fsp3) is 0.158. The minimum atomic E-state index is -4.63. The van der Waals surface area contributed by atoms with Crippen molar-refractivity contribution >= 4 is 11.6 Å². The lowest BCUT2D eigenvalue weighted by molar-refractivity contribution is -0.137. The van der Waals surface area contributed by atoms with Crippen LogP contribution in [0.1, 0.15) is 16.7 Å². The number of hydrogen-bond acceptors (Lipinski definition) is 4. The average molecular weight is 375 g/mol. The summed E-state index contributed by atoms with van der Waals surface area (Å²) in [6.45, 7) is 0.217. The van der Waals surface area contributed by atoms with Crippen LogP contribution in [0, 0.1) is 11.3 Å². The molecule has 2 rings (SSSR count). The van der Waals surface area contributed by atoms with Crippen molar-refractivity contribution in [3.05, 3.63) is 77.0 Å². The van der Waals surface area contributed by atoms with Gasteiger partial charge in [-0.15, -0.1) is 0 Å². The van der Waals surface area contributed by atoms with Gasteiger partial charge in [0.1, 0.15) is 11.6 Å². The number of nitrogens with zero attached hydrogens (tertiary/aromatic N) is 1. The van der Waals surface area contributed by atoms with Crippen LogP contribution in [-0.2, 0) is 24.1 Å². The van der Waals surface area contributed by atoms with Gasteiger partial charge in [-0.2, -0.15) is 18.4 Å². The number of rotatable bonds is 6. The SMILES string of the molecule is N#C/C(=C/NCc1ccc(CO)cc1)C(=O)Nc1ccccc1C(F)(F)F. The predicted molar refractivity (Wildman–Crippen MR) is 93.0 cm³/mol. The van der Waals surface area contributed by atoms with E-state index in [0.717, 1.165) is 29.5 Å². The smallest absolute Gasteiger partial charge is 0.392 e. The van der Waals surface area contributed by atoms with E-state index >= 15 is 0 Å². The third-order valence-electron chi connectivity index (χ3n) is 3.60. The third-order valence-corrected chi connectivity index (χ3v) is 3.60. The van der Waals surface area contributed by atoms with Crippen molar-refractivity contribution in [1.82, 2.24) is 5.32 Å². The van der Waals surface area contributed by atoms with E-state index in [0.29, 0.717) is 6.54 Å². The fourth-order valence-electron chi connectivity index (χ4n) is 2.21. The van der Waals surface area contributed by atoms with Crippen molar-refractivity contribution in [2.45, 2.75) is 19.3 Å². The Morgan fingerprint density at radius 2 is 1.74 bits per heavy atom. The van der Waals surface area contributed by atoms with E-state index in [1.807, 2.05) is 0 Å². The first kappa shape index (κ1) is 20.0. The quantitative estimate of drug-likeness (QED) is 0.534. The summed E-state index contributed by atoms with van der Waals surface area (Å²) in [6.07, 6.45) is -3.48. The normalized spacial score (nSPS) is 11.6. The molecule has 0 aliphatic heterocycles. The van der Waals surface area contributed by atoms with E-state index in [-0.39, 0.29) is 12.2 Å². The molecule has 0 heterocycles. The van der Waals surface area contributed by atoms with Crippen molar-refractivity contribution in [3.8, 4) is 6.07 Å². The second kappa shape index (κ2) is 8.87. The standard InChI is InChI=1S/C19H16F3N3O2/c20-19(21,22)16-3-1-2-4-17(16)25-18(27)15(9-23)11-24-10-13-5-7-14(12-26)8-6-13/h1-8,11,24,26H,10,12H2,(H,25,27)/b15-11-. The van der Waals surface area contributed by atoms with Crippen LogP contribution in [0.4, 0.5) is 18.9 Å². The molecule has 2 aromatic rings. The highest BCUT2D eigenvalue weighted by Gasteiger charge is 2.33. The van der Waals surface area contributed by atoms with Gasteiger partial charge in [-0.3, -0.25) is 4.79 Å². The maximum Gasteiger partial charge on any atom is 0.418 e. The van der Waals surface area contributed by atoms with Gasteiger partial charge in [0.25, 0.3) is 5.91 Å². The predicted octanol–water partition coefficient (Wildman–Crippen LogP) is 3.33. The lowest BCUT2D eigenvalue weighted by atomic mass is 10.1. The van der Waals surface area contributed by atoms with E-state index < -0.39 is 23.3 Å². The van der Waals surface area contributed by atoms with Gasteiger partial charge in [0.05, 0.1) is 17.9 Å². The monoisotopic (exact) mass is 375 g/mol. The number of aliphatic hydroxyl groups is 1. The third kappa shape index (κ3) is 5.59. The van der Waals surface area contributed by atoms with Crippen LogP contribution in [0.25, 0.3) is 0 Å². The number of para-hydroxylation sites is 1. The first-order valence-corrected chi connectivity index (χ1v) is 7.85. The molecule has 0 bridgehead atoms. The highest BCUT2D eigenvalue weighted by atomic mass is 19.4. The zero-order chi connectivity index (χ0) is 19.9. The van der Waals surface area contributed by atoms with Crippen LogP contribution < -0.4 is 10.6 Å². The molecule has 27 heavy (non-hydrogen) atoms. The molecule has 5 nitrogen and oxygen atoms in total. The maximum absolute atomic E-state index is 13.0.